The average Bonchev–Trinajstić information content (AvgIpc) is 0.766. The SMILES string of the molecule is Cc1cc(CSCCC(F)(F)C(F)(F)C(F)(F)C(F)(F)F)cc(CSCCC(F)(F)C(F)(F)C(F)(F)C(F)(F)F)c1OC(=O)c1ccc(C(O)Oc2c(CI)cc(CSCCC(F)(F)C(F)(F)C(F)(F)C(F)(F)F)cc2CSCCC(F)(F)C(F)(F)C(F)(F)C(F)(F)F)cc1. The van der Waals surface area contributed by atoms with E-state index in [0.29, 0.717) is 0 Å². The Morgan fingerprint density at radius 2 is 0.674 bits per heavy atom. The van der Waals surface area contributed by atoms with Crippen LogP contribution in [0.1, 0.15) is 81.3 Å². The highest BCUT2D eigenvalue weighted by Crippen LogP contribution is 2.59. The first kappa shape index (κ1) is 85.7. The van der Waals surface area contributed by atoms with Crippen LogP contribution in [0.5, 0.6) is 11.5 Å². The fourth-order valence-corrected chi connectivity index (χ4v) is 11.9. The predicted octanol–water partition coefficient (Wildman–Crippen LogP) is 21.6. The minimum atomic E-state index is -7.30. The number of carbonyl (C=O) groups excluding carboxylic acids is 1. The number of alkyl halides is 37. The number of rotatable bonds is 34. The maximum atomic E-state index is 14.4. The molecule has 0 saturated carbocycles. The molecule has 0 spiro atoms. The zero-order chi connectivity index (χ0) is 74.0. The van der Waals surface area contributed by atoms with Crippen LogP contribution in [0.25, 0.3) is 0 Å². The summed E-state index contributed by atoms with van der Waals surface area (Å²) in [5.74, 6) is -92.8. The highest BCUT2D eigenvalue weighted by molar-refractivity contribution is 14.1. The van der Waals surface area contributed by atoms with Gasteiger partial charge in [0.1, 0.15) is 11.5 Å². The standard InChI is InChI=1S/C50H39F36IO4S4/c1-23-14-24(19-92-10-6-35(51,52)39(59,60)43(67,68)47(75,76)77)16-29(21-94-12-8-37(55,56)41(63,64)45(71,72)49(81,82)83)31(23)90-33(88)26-2-4-27(5-3-26)34(89)91-32-28(18-87)15-25(20-93-11-7-36(53,54)40(61,62)44(69,70)48(78,79)80)17-30(32)22-95-13-9-38(57,58)42(65,66)46(73,74)50(84,85)86/h2-5,14-17,34,89H,6-13,18-22H2,1H3. The number of benzene rings is 3. The van der Waals surface area contributed by atoms with Crippen LogP contribution in [0.2, 0.25) is 0 Å². The van der Waals surface area contributed by atoms with E-state index >= 15 is 0 Å². The van der Waals surface area contributed by atoms with Crippen LogP contribution in [0.4, 0.5) is 158 Å². The molecule has 1 unspecified atom stereocenters. The van der Waals surface area contributed by atoms with E-state index < -0.39 is 213 Å². The van der Waals surface area contributed by atoms with Crippen molar-refractivity contribution in [3.8, 4) is 11.5 Å². The number of thioether (sulfide) groups is 4. The zero-order valence-electron chi connectivity index (χ0n) is 46.2. The maximum Gasteiger partial charge on any atom is 0.460 e. The first-order valence-corrected chi connectivity index (χ1v) is 31.2. The van der Waals surface area contributed by atoms with Crippen LogP contribution in [0.15, 0.2) is 48.5 Å². The van der Waals surface area contributed by atoms with Gasteiger partial charge in [-0.15, -0.1) is 0 Å². The van der Waals surface area contributed by atoms with E-state index in [1.807, 2.05) is 0 Å². The maximum absolute atomic E-state index is 14.4. The second-order valence-electron chi connectivity index (χ2n) is 19.9. The van der Waals surface area contributed by atoms with Crippen molar-refractivity contribution >= 4 is 75.6 Å². The summed E-state index contributed by atoms with van der Waals surface area (Å²) in [5, 5.41) is 11.2. The number of aliphatic hydroxyl groups is 1. The zero-order valence-corrected chi connectivity index (χ0v) is 51.6. The van der Waals surface area contributed by atoms with Crippen molar-refractivity contribution in [1.29, 1.82) is 0 Å². The summed E-state index contributed by atoms with van der Waals surface area (Å²) in [6.07, 6.45) is -40.6. The normalized spacial score (nSPS) is 15.0. The predicted molar refractivity (Wildman–Crippen MR) is 279 cm³/mol. The Balaban J connectivity index is 2.00. The molecule has 3 rings (SSSR count). The Kier molecular flexibility index (Phi) is 27.1. The molecule has 1 atom stereocenters. The van der Waals surface area contributed by atoms with E-state index in [4.69, 9.17) is 9.47 Å². The summed E-state index contributed by atoms with van der Waals surface area (Å²) in [6, 6.07) is 7.11. The third kappa shape index (κ3) is 18.4. The minimum Gasteiger partial charge on any atom is -0.460 e. The number of hydrogen-bond donors (Lipinski definition) is 1. The van der Waals surface area contributed by atoms with E-state index in [0.717, 1.165) is 55.5 Å². The Morgan fingerprint density at radius 1 is 0.400 bits per heavy atom. The number of ether oxygens (including phenoxy) is 2. The van der Waals surface area contributed by atoms with Gasteiger partial charge in [-0.1, -0.05) is 59.0 Å². The van der Waals surface area contributed by atoms with Crippen molar-refractivity contribution in [2.24, 2.45) is 0 Å². The van der Waals surface area contributed by atoms with Crippen molar-refractivity contribution in [3.63, 3.8) is 0 Å². The Morgan fingerprint density at radius 3 is 0.968 bits per heavy atom. The lowest BCUT2D eigenvalue weighted by Gasteiger charge is -2.33. The number of hydrogen-bond acceptors (Lipinski definition) is 8. The molecule has 0 aliphatic carbocycles. The molecule has 95 heavy (non-hydrogen) atoms. The molecule has 4 nitrogen and oxygen atoms in total. The smallest absolute Gasteiger partial charge is 0.460 e. The first-order valence-electron chi connectivity index (χ1n) is 25.0. The fourth-order valence-electron chi connectivity index (χ4n) is 7.45. The van der Waals surface area contributed by atoms with Crippen LogP contribution in [0.3, 0.4) is 0 Å². The number of carbonyl (C=O) groups is 1. The molecule has 0 bridgehead atoms. The van der Waals surface area contributed by atoms with E-state index in [1.54, 1.807) is 22.6 Å². The summed E-state index contributed by atoms with van der Waals surface area (Å²) >= 11 is 1.99. The lowest BCUT2D eigenvalue weighted by atomic mass is 10.0. The summed E-state index contributed by atoms with van der Waals surface area (Å²) in [5.41, 5.74) is -2.61. The van der Waals surface area contributed by atoms with Gasteiger partial charge in [0.15, 0.2) is 0 Å². The third-order valence-electron chi connectivity index (χ3n) is 12.8. The van der Waals surface area contributed by atoms with Gasteiger partial charge in [0.2, 0.25) is 6.29 Å². The van der Waals surface area contributed by atoms with Gasteiger partial charge < -0.3 is 14.6 Å². The summed E-state index contributed by atoms with van der Waals surface area (Å²) < 4.78 is 496. The molecule has 3 aromatic carbocycles. The van der Waals surface area contributed by atoms with Gasteiger partial charge >= 0.3 is 102 Å². The van der Waals surface area contributed by atoms with Crippen LogP contribution in [0, 0.1) is 6.92 Å². The summed E-state index contributed by atoms with van der Waals surface area (Å²) in [4.78, 5) is 13.5. The van der Waals surface area contributed by atoms with Crippen LogP contribution in [-0.4, -0.2) is 130 Å². The summed E-state index contributed by atoms with van der Waals surface area (Å²) in [6.45, 7) is 1.04. The van der Waals surface area contributed by atoms with Crippen LogP contribution >= 0.6 is 69.6 Å². The minimum absolute atomic E-state index is 0.0445. The number of halogens is 37. The topological polar surface area (TPSA) is 55.8 Å². The number of esters is 1. The van der Waals surface area contributed by atoms with Gasteiger partial charge in [-0.25, -0.2) is 4.79 Å². The van der Waals surface area contributed by atoms with Crippen molar-refractivity contribution < 1.29 is 177 Å². The van der Waals surface area contributed by atoms with Gasteiger partial charge in [-0.2, -0.15) is 205 Å². The van der Waals surface area contributed by atoms with Crippen molar-refractivity contribution in [2.45, 2.75) is 162 Å². The molecule has 0 saturated heterocycles. The lowest BCUT2D eigenvalue weighted by Crippen LogP contribution is -2.60. The first-order chi connectivity index (χ1) is 42.4. The second-order valence-corrected chi connectivity index (χ2v) is 25.1. The van der Waals surface area contributed by atoms with E-state index in [9.17, 15) is 168 Å². The average molecular weight is 1640 g/mol. The molecule has 1 N–H and O–H groups in total. The Hall–Kier alpha value is -3.50. The second kappa shape index (κ2) is 30.0. The van der Waals surface area contributed by atoms with Crippen molar-refractivity contribution in [1.82, 2.24) is 0 Å². The molecule has 0 aromatic heterocycles. The fraction of sp³-hybridized carbons (Fsp3) is 0.620. The molecule has 0 radical (unpaired) electrons. The molecule has 0 heterocycles. The molecule has 0 aliphatic heterocycles. The number of aliphatic hydroxyl groups excluding tert-OH is 1. The molecule has 0 amide bonds. The molecular weight excluding hydrogens is 1600 g/mol. The van der Waals surface area contributed by atoms with Crippen LogP contribution in [-0.2, 0) is 27.4 Å². The molecule has 45 heteroatoms. The monoisotopic (exact) mass is 1640 g/mol. The van der Waals surface area contributed by atoms with E-state index in [2.05, 4.69) is 0 Å². The highest BCUT2D eigenvalue weighted by Gasteiger charge is 2.84. The molecule has 3 aromatic rings. The van der Waals surface area contributed by atoms with Crippen LogP contribution < -0.4 is 9.47 Å². The summed E-state index contributed by atoms with van der Waals surface area (Å²) in [7, 11) is 0. The van der Waals surface area contributed by atoms with E-state index in [-0.39, 0.29) is 73.7 Å². The van der Waals surface area contributed by atoms with E-state index in [1.165, 1.54) is 0 Å². The molecule has 546 valence electrons. The quantitative estimate of drug-likeness (QED) is 0.0121. The van der Waals surface area contributed by atoms with Gasteiger partial charge in [-0.3, -0.25) is 0 Å². The lowest BCUT2D eigenvalue weighted by molar-refractivity contribution is -0.396. The van der Waals surface area contributed by atoms with Gasteiger partial charge in [-0.05, 0) is 58.8 Å². The largest absolute Gasteiger partial charge is 0.460 e. The number of aryl methyl sites for hydroxylation is 1. The Labute approximate surface area is 540 Å². The van der Waals surface area contributed by atoms with Gasteiger partial charge in [0, 0.05) is 75.4 Å². The third-order valence-corrected chi connectivity index (χ3v) is 17.7. The van der Waals surface area contributed by atoms with Crippen molar-refractivity contribution in [2.75, 3.05) is 23.0 Å². The van der Waals surface area contributed by atoms with Gasteiger partial charge in [0.25, 0.3) is 0 Å². The molecular formula is C50H39F36IO4S4. The highest BCUT2D eigenvalue weighted by atomic mass is 127. The van der Waals surface area contributed by atoms with Gasteiger partial charge in [0.05, 0.1) is 5.56 Å². The molecule has 0 fully saturated rings. The Bertz CT molecular complexity index is 3060. The van der Waals surface area contributed by atoms with Crippen molar-refractivity contribution in [3.05, 3.63) is 93.0 Å². The molecule has 0 aliphatic rings.